The van der Waals surface area contributed by atoms with Gasteiger partial charge in [0.15, 0.2) is 11.5 Å². The fourth-order valence-electron chi connectivity index (χ4n) is 14.4. The van der Waals surface area contributed by atoms with Crippen LogP contribution in [0.3, 0.4) is 0 Å². The number of aryl methyl sites for hydroxylation is 2. The van der Waals surface area contributed by atoms with Crippen molar-refractivity contribution in [2.45, 2.75) is 165 Å². The Bertz CT molecular complexity index is 3250. The molecule has 0 radical (unpaired) electrons. The number of nitrogens with zero attached hydrogens (tertiary/aromatic N) is 2. The maximum absolute atomic E-state index is 14.8. The van der Waals surface area contributed by atoms with Crippen molar-refractivity contribution < 1.29 is 45.7 Å². The van der Waals surface area contributed by atoms with Gasteiger partial charge in [-0.25, -0.2) is 26.3 Å². The van der Waals surface area contributed by atoms with E-state index in [1.54, 1.807) is 44.2 Å². The first-order valence-electron chi connectivity index (χ1n) is 29.9. The summed E-state index contributed by atoms with van der Waals surface area (Å²) in [6.45, 7) is 10.1. The molecule has 438 valence electrons. The number of rotatable bonds is 2. The first-order chi connectivity index (χ1) is 38.8. The smallest absolute Gasteiger partial charge is 0.264 e. The molecular weight excluding hydrogens is 1110 g/mol. The van der Waals surface area contributed by atoms with E-state index in [-0.39, 0.29) is 53.2 Å². The number of carbonyl (C=O) groups is 2. The summed E-state index contributed by atoms with van der Waals surface area (Å²) < 4.78 is 82.9. The molecule has 2 fully saturated rings. The van der Waals surface area contributed by atoms with Gasteiger partial charge in [-0.1, -0.05) is 55.6 Å². The maximum Gasteiger partial charge on any atom is 0.264 e. The molecule has 18 heteroatoms. The zero-order valence-corrected chi connectivity index (χ0v) is 50.4. The summed E-state index contributed by atoms with van der Waals surface area (Å²) in [5.74, 6) is -0.252. The van der Waals surface area contributed by atoms with Crippen molar-refractivity contribution in [2.75, 3.05) is 42.6 Å². The number of hydrogen-bond acceptors (Lipinski definition) is 12. The Morgan fingerprint density at radius 1 is 0.630 bits per heavy atom. The van der Waals surface area contributed by atoms with E-state index in [4.69, 9.17) is 37.4 Å². The number of hydrogen-bond donors (Lipinski definition) is 3. The molecular formula is C63H80Cl2N4O10S2. The van der Waals surface area contributed by atoms with Crippen LogP contribution in [0.4, 0.5) is 11.4 Å². The van der Waals surface area contributed by atoms with Gasteiger partial charge < -0.3 is 29.1 Å². The van der Waals surface area contributed by atoms with Gasteiger partial charge in [0, 0.05) is 58.7 Å². The molecule has 81 heavy (non-hydrogen) atoms. The number of ether oxygens (including phenoxy) is 3. The Kier molecular flexibility index (Phi) is 17.0. The molecule has 4 heterocycles. The number of fused-ring (bicyclic) bond motifs is 7. The highest BCUT2D eigenvalue weighted by molar-refractivity contribution is 7.91. The first kappa shape index (κ1) is 58.1. The standard InChI is InChI=1S/C63H80Cl2N4O10S2/c1-38-10-7-14-56(70)51-22-17-45(51)34-69-36-63(26-9-13-43-29-50(65)21-24-53(43)63)37-78-60-55(69)31-48(62(72)67-81(75,76)40(38)3)32-59(60)79-57-15-8-11-39(2)41(4)80(73,74)66-61(71)44-19-25-58-54(30-44)68(33-46-18-23-52(46)57)27-6-5-12-42-28-49(64)20-16-47(42)35-77-58/h16,19-21,24-25,28-32,38-41,45-46,51-52,56-57,70H,5-15,17-18,22-23,26-27,33-37H2,1-4H3,(H,66,71)(H,67,72)/t38-,39+,40+,41+,45+,46+,51-,52-,56+,57+,63+/m1/s1. The Balaban J connectivity index is 1.01. The fraction of sp³-hybridized carbons (Fsp3) is 0.587. The lowest BCUT2D eigenvalue weighted by Crippen LogP contribution is -2.49. The number of sulfonamides is 2. The zero-order chi connectivity index (χ0) is 57.0. The van der Waals surface area contributed by atoms with Crippen LogP contribution in [0.25, 0.3) is 0 Å². The van der Waals surface area contributed by atoms with Crippen LogP contribution < -0.4 is 33.5 Å². The van der Waals surface area contributed by atoms with Crippen molar-refractivity contribution in [1.29, 1.82) is 0 Å². The van der Waals surface area contributed by atoms with Crippen molar-refractivity contribution in [3.63, 3.8) is 0 Å². The average Bonchev–Trinajstić information content (AvgIpc) is 3.93. The summed E-state index contributed by atoms with van der Waals surface area (Å²) >= 11 is 13.2. The minimum atomic E-state index is -4.16. The van der Waals surface area contributed by atoms with E-state index in [0.29, 0.717) is 110 Å². The SMILES string of the molecule is C[C@@H]1CCC[C@H](O)[C@@H]2CC[C@H]2CN2C[C@@]3(CCCc4cc(Cl)ccc43)COc3c(O[C@H]4CCC[C@H](C)[C@H](C)S(=O)(=O)NC(=O)c5ccc6c(c5)N(CCCCc5cc(Cl)ccc5CO6)C[C@@H]5CC[C@H]54)cc(cc32)C(=O)NS(=O)(=O)[C@H]1C. The van der Waals surface area contributed by atoms with Crippen molar-refractivity contribution >= 4 is 66.4 Å². The van der Waals surface area contributed by atoms with Crippen LogP contribution in [0.1, 0.15) is 161 Å². The minimum Gasteiger partial charge on any atom is -0.487 e. The Morgan fingerprint density at radius 2 is 1.27 bits per heavy atom. The summed E-state index contributed by atoms with van der Waals surface area (Å²) in [5, 5.41) is 11.4. The molecule has 11 rings (SSSR count). The van der Waals surface area contributed by atoms with Gasteiger partial charge >= 0.3 is 0 Å². The highest BCUT2D eigenvalue weighted by Gasteiger charge is 2.47. The number of nitrogens with one attached hydrogen (secondary N) is 2. The summed E-state index contributed by atoms with van der Waals surface area (Å²) in [7, 11) is -8.27. The Labute approximate surface area is 489 Å². The third-order valence-corrected chi connectivity index (χ3v) is 24.4. The third kappa shape index (κ3) is 12.2. The molecule has 0 saturated heterocycles. The van der Waals surface area contributed by atoms with Crippen LogP contribution in [0.2, 0.25) is 10.0 Å². The third-order valence-electron chi connectivity index (χ3n) is 20.1. The molecule has 11 atom stereocenters. The van der Waals surface area contributed by atoms with Crippen molar-refractivity contribution in [1.82, 2.24) is 9.44 Å². The predicted molar refractivity (Wildman–Crippen MR) is 318 cm³/mol. The number of aliphatic hydroxyl groups excluding tert-OH is 1. The summed E-state index contributed by atoms with van der Waals surface area (Å²) in [6, 6.07) is 20.7. The highest BCUT2D eigenvalue weighted by Crippen LogP contribution is 2.52. The van der Waals surface area contributed by atoms with Crippen LogP contribution in [-0.4, -0.2) is 89.3 Å². The van der Waals surface area contributed by atoms with E-state index in [2.05, 4.69) is 31.4 Å². The van der Waals surface area contributed by atoms with Gasteiger partial charge in [-0.3, -0.25) is 9.59 Å². The van der Waals surface area contributed by atoms with Gasteiger partial charge in [-0.05, 0) is 217 Å². The number of anilines is 2. The van der Waals surface area contributed by atoms with Crippen LogP contribution in [0, 0.1) is 35.5 Å². The molecule has 2 amide bonds. The molecule has 4 bridgehead atoms. The molecule has 3 N–H and O–H groups in total. The van der Waals surface area contributed by atoms with E-state index in [9.17, 15) is 31.5 Å². The van der Waals surface area contributed by atoms with Gasteiger partial charge in [-0.15, -0.1) is 0 Å². The maximum atomic E-state index is 14.8. The number of carbonyl (C=O) groups excluding carboxylic acids is 2. The van der Waals surface area contributed by atoms with Gasteiger partial charge in [0.1, 0.15) is 18.5 Å². The van der Waals surface area contributed by atoms with E-state index >= 15 is 0 Å². The Hall–Kier alpha value is -4.74. The molecule has 4 aliphatic heterocycles. The lowest BCUT2D eigenvalue weighted by Gasteiger charge is -2.46. The molecule has 4 aromatic carbocycles. The van der Waals surface area contributed by atoms with Crippen LogP contribution >= 0.6 is 23.2 Å². The van der Waals surface area contributed by atoms with Gasteiger partial charge in [0.05, 0.1) is 34.6 Å². The monoisotopic (exact) mass is 1190 g/mol. The Morgan fingerprint density at radius 3 is 1.99 bits per heavy atom. The molecule has 3 aliphatic carbocycles. The normalized spacial score (nSPS) is 31.6. The fourth-order valence-corrected chi connectivity index (χ4v) is 17.4. The van der Waals surface area contributed by atoms with E-state index in [0.717, 1.165) is 75.3 Å². The topological polar surface area (TPSA) is 181 Å². The highest BCUT2D eigenvalue weighted by atomic mass is 35.5. The van der Waals surface area contributed by atoms with Crippen molar-refractivity contribution in [3.05, 3.63) is 110 Å². The second kappa shape index (κ2) is 23.7. The molecule has 1 spiro atoms. The first-order valence-corrected chi connectivity index (χ1v) is 33.7. The quantitative estimate of drug-likeness (QED) is 0.173. The molecule has 14 nitrogen and oxygen atoms in total. The second-order valence-corrected chi connectivity index (χ2v) is 30.1. The molecule has 7 aliphatic rings. The average molecular weight is 1190 g/mol. The van der Waals surface area contributed by atoms with E-state index in [1.807, 2.05) is 38.1 Å². The molecule has 0 aromatic heterocycles. The molecule has 0 unspecified atom stereocenters. The van der Waals surface area contributed by atoms with Crippen molar-refractivity contribution in [3.8, 4) is 17.2 Å². The van der Waals surface area contributed by atoms with Crippen molar-refractivity contribution in [2.24, 2.45) is 35.5 Å². The number of amides is 2. The van der Waals surface area contributed by atoms with Gasteiger partial charge in [-0.2, -0.15) is 0 Å². The van der Waals surface area contributed by atoms with E-state index in [1.165, 1.54) is 11.1 Å². The second-order valence-electron chi connectivity index (χ2n) is 25.1. The van der Waals surface area contributed by atoms with Crippen LogP contribution in [-0.2, 0) is 44.9 Å². The summed E-state index contributed by atoms with van der Waals surface area (Å²) in [4.78, 5) is 33.4. The largest absolute Gasteiger partial charge is 0.487 e. The van der Waals surface area contributed by atoms with Crippen LogP contribution in [0.15, 0.2) is 66.7 Å². The lowest BCUT2D eigenvalue weighted by atomic mass is 9.68. The summed E-state index contributed by atoms with van der Waals surface area (Å²) in [5.41, 5.74) is 5.74. The number of aliphatic hydroxyl groups is 1. The lowest BCUT2D eigenvalue weighted by molar-refractivity contribution is 0.00856. The zero-order valence-electron chi connectivity index (χ0n) is 47.3. The molecule has 2 saturated carbocycles. The number of benzene rings is 4. The number of halogens is 2. The van der Waals surface area contributed by atoms with Crippen LogP contribution in [0.5, 0.6) is 17.2 Å². The summed E-state index contributed by atoms with van der Waals surface area (Å²) in [6.07, 6.45) is 11.3. The van der Waals surface area contributed by atoms with E-state index < -0.39 is 60.0 Å². The van der Waals surface area contributed by atoms with Gasteiger partial charge in [0.25, 0.3) is 11.8 Å². The molecule has 4 aromatic rings. The predicted octanol–water partition coefficient (Wildman–Crippen LogP) is 11.6. The van der Waals surface area contributed by atoms with Gasteiger partial charge in [0.2, 0.25) is 20.0 Å². The minimum absolute atomic E-state index is 0.0107.